The summed E-state index contributed by atoms with van der Waals surface area (Å²) in [5.74, 6) is -1.26. The molecule has 0 fully saturated rings. The molecule has 21 heavy (non-hydrogen) atoms. The second-order valence-electron chi connectivity index (χ2n) is 4.34. The van der Waals surface area contributed by atoms with Crippen LogP contribution in [0.2, 0.25) is 5.02 Å². The molecule has 0 atom stereocenters. The molecule has 2 aromatic carbocycles. The quantitative estimate of drug-likeness (QED) is 0.908. The molecule has 0 radical (unpaired) electrons. The monoisotopic (exact) mass is 306 g/mol. The van der Waals surface area contributed by atoms with Crippen LogP contribution in [0, 0.1) is 5.82 Å². The number of hydrogen-bond acceptors (Lipinski definition) is 2. The van der Waals surface area contributed by atoms with Crippen molar-refractivity contribution in [1.29, 1.82) is 0 Å². The van der Waals surface area contributed by atoms with Crippen molar-refractivity contribution in [3.05, 3.63) is 58.9 Å². The lowest BCUT2D eigenvalue weighted by atomic mass is 10.2. The summed E-state index contributed by atoms with van der Waals surface area (Å²) in [4.78, 5) is 22.9. The lowest BCUT2D eigenvalue weighted by Crippen LogP contribution is -2.13. The molecule has 0 heterocycles. The van der Waals surface area contributed by atoms with Gasteiger partial charge in [0, 0.05) is 23.2 Å². The Morgan fingerprint density at radius 2 is 1.71 bits per heavy atom. The van der Waals surface area contributed by atoms with Crippen LogP contribution in [0.25, 0.3) is 0 Å². The fraction of sp³-hybridized carbons (Fsp3) is 0.0667. The van der Waals surface area contributed by atoms with Crippen LogP contribution in [0.3, 0.4) is 0 Å². The molecule has 108 valence electrons. The Hall–Kier alpha value is -2.40. The Morgan fingerprint density at radius 3 is 2.29 bits per heavy atom. The summed E-state index contributed by atoms with van der Waals surface area (Å²) in [7, 11) is 0. The maximum absolute atomic E-state index is 13.6. The van der Waals surface area contributed by atoms with E-state index >= 15 is 0 Å². The third-order valence-corrected chi connectivity index (χ3v) is 2.88. The van der Waals surface area contributed by atoms with Gasteiger partial charge in [-0.1, -0.05) is 11.6 Å². The van der Waals surface area contributed by atoms with Gasteiger partial charge in [0.25, 0.3) is 5.91 Å². The molecule has 0 spiro atoms. The highest BCUT2D eigenvalue weighted by Crippen LogP contribution is 2.20. The molecule has 0 aromatic heterocycles. The first-order chi connectivity index (χ1) is 9.95. The van der Waals surface area contributed by atoms with Crippen molar-refractivity contribution in [2.45, 2.75) is 6.92 Å². The lowest BCUT2D eigenvalue weighted by Gasteiger charge is -2.07. The molecular weight excluding hydrogens is 295 g/mol. The van der Waals surface area contributed by atoms with E-state index in [-0.39, 0.29) is 16.6 Å². The molecule has 0 aliphatic heterocycles. The minimum absolute atomic E-state index is 0.0512. The van der Waals surface area contributed by atoms with Gasteiger partial charge in [-0.05, 0) is 42.5 Å². The van der Waals surface area contributed by atoms with Crippen molar-refractivity contribution < 1.29 is 14.0 Å². The van der Waals surface area contributed by atoms with Crippen molar-refractivity contribution in [3.63, 3.8) is 0 Å². The minimum atomic E-state index is -0.606. The summed E-state index contributed by atoms with van der Waals surface area (Å²) in [5.41, 5.74) is 0.977. The highest BCUT2D eigenvalue weighted by molar-refractivity contribution is 6.30. The molecule has 0 saturated heterocycles. The number of halogens is 2. The van der Waals surface area contributed by atoms with Crippen molar-refractivity contribution in [3.8, 4) is 0 Å². The molecule has 0 aliphatic rings. The summed E-state index contributed by atoms with van der Waals surface area (Å²) in [6, 6.07) is 10.3. The molecule has 2 N–H and O–H groups in total. The average Bonchev–Trinajstić information content (AvgIpc) is 2.42. The molecule has 0 bridgehead atoms. The summed E-state index contributed by atoms with van der Waals surface area (Å²) in [6.07, 6.45) is 0. The summed E-state index contributed by atoms with van der Waals surface area (Å²) in [5, 5.41) is 5.30. The number of rotatable bonds is 3. The van der Waals surface area contributed by atoms with Gasteiger partial charge in [0.15, 0.2) is 0 Å². The van der Waals surface area contributed by atoms with Crippen LogP contribution in [0.1, 0.15) is 17.3 Å². The Morgan fingerprint density at radius 1 is 1.05 bits per heavy atom. The molecule has 6 heteroatoms. The van der Waals surface area contributed by atoms with E-state index in [9.17, 15) is 14.0 Å². The molecule has 2 amide bonds. The van der Waals surface area contributed by atoms with Crippen LogP contribution in [-0.2, 0) is 4.79 Å². The molecule has 0 aliphatic carbocycles. The molecule has 4 nitrogen and oxygen atoms in total. The van der Waals surface area contributed by atoms with Gasteiger partial charge in [-0.25, -0.2) is 4.39 Å². The van der Waals surface area contributed by atoms with E-state index in [0.717, 1.165) is 6.07 Å². The smallest absolute Gasteiger partial charge is 0.255 e. The van der Waals surface area contributed by atoms with Gasteiger partial charge in [-0.15, -0.1) is 0 Å². The van der Waals surface area contributed by atoms with Crippen LogP contribution in [0.5, 0.6) is 0 Å². The highest BCUT2D eigenvalue weighted by atomic mass is 35.5. The number of carbonyl (C=O) groups is 2. The molecule has 0 saturated carbocycles. The summed E-state index contributed by atoms with van der Waals surface area (Å²) < 4.78 is 13.6. The van der Waals surface area contributed by atoms with Crippen molar-refractivity contribution >= 4 is 34.8 Å². The number of anilines is 2. The fourth-order valence-corrected chi connectivity index (χ4v) is 1.85. The van der Waals surface area contributed by atoms with Crippen LogP contribution in [0.15, 0.2) is 42.5 Å². The van der Waals surface area contributed by atoms with E-state index in [0.29, 0.717) is 11.3 Å². The van der Waals surface area contributed by atoms with Crippen LogP contribution in [-0.4, -0.2) is 11.8 Å². The summed E-state index contributed by atoms with van der Waals surface area (Å²) in [6.45, 7) is 1.39. The molecule has 0 unspecified atom stereocenters. The number of nitrogens with one attached hydrogen (secondary N) is 2. The fourth-order valence-electron chi connectivity index (χ4n) is 1.69. The molecule has 2 aromatic rings. The standard InChI is InChI=1S/C15H12ClFN2O2/c1-9(20)18-12-5-2-10(3-6-12)15(21)19-14-7-4-11(16)8-13(14)17/h2-8H,1H3,(H,18,20)(H,19,21). The minimum Gasteiger partial charge on any atom is -0.326 e. The topological polar surface area (TPSA) is 58.2 Å². The Bertz CT molecular complexity index is 687. The largest absolute Gasteiger partial charge is 0.326 e. The SMILES string of the molecule is CC(=O)Nc1ccc(C(=O)Nc2ccc(Cl)cc2F)cc1. The average molecular weight is 307 g/mol. The van der Waals surface area contributed by atoms with Crippen LogP contribution < -0.4 is 10.6 Å². The predicted molar refractivity (Wildman–Crippen MR) is 80.1 cm³/mol. The van der Waals surface area contributed by atoms with Crippen molar-refractivity contribution in [2.24, 2.45) is 0 Å². The first-order valence-electron chi connectivity index (χ1n) is 6.10. The second kappa shape index (κ2) is 6.37. The van der Waals surface area contributed by atoms with Crippen molar-refractivity contribution in [2.75, 3.05) is 10.6 Å². The van der Waals surface area contributed by atoms with Gasteiger partial charge in [-0.3, -0.25) is 9.59 Å². The predicted octanol–water partition coefficient (Wildman–Crippen LogP) is 3.69. The Balaban J connectivity index is 2.11. The van der Waals surface area contributed by atoms with E-state index in [2.05, 4.69) is 10.6 Å². The maximum Gasteiger partial charge on any atom is 0.255 e. The number of carbonyl (C=O) groups excluding carboxylic acids is 2. The van der Waals surface area contributed by atoms with E-state index in [1.807, 2.05) is 0 Å². The van der Waals surface area contributed by atoms with Gasteiger partial charge in [-0.2, -0.15) is 0 Å². The van der Waals surface area contributed by atoms with Gasteiger partial charge < -0.3 is 10.6 Å². The zero-order valence-corrected chi connectivity index (χ0v) is 11.9. The molecular formula is C15H12ClFN2O2. The van der Waals surface area contributed by atoms with Crippen LogP contribution >= 0.6 is 11.6 Å². The summed E-state index contributed by atoms with van der Waals surface area (Å²) >= 11 is 5.64. The number of hydrogen-bond donors (Lipinski definition) is 2. The van der Waals surface area contributed by atoms with Gasteiger partial charge in [0.2, 0.25) is 5.91 Å². The Kier molecular flexibility index (Phi) is 4.55. The van der Waals surface area contributed by atoms with Gasteiger partial charge >= 0.3 is 0 Å². The van der Waals surface area contributed by atoms with Gasteiger partial charge in [0.1, 0.15) is 5.82 Å². The number of amides is 2. The first kappa shape index (κ1) is 15.0. The van der Waals surface area contributed by atoms with Crippen LogP contribution in [0.4, 0.5) is 15.8 Å². The normalized spacial score (nSPS) is 10.0. The van der Waals surface area contributed by atoms with E-state index < -0.39 is 11.7 Å². The zero-order chi connectivity index (χ0) is 15.4. The first-order valence-corrected chi connectivity index (χ1v) is 6.47. The van der Waals surface area contributed by atoms with Crippen molar-refractivity contribution in [1.82, 2.24) is 0 Å². The van der Waals surface area contributed by atoms with E-state index in [1.165, 1.54) is 31.2 Å². The van der Waals surface area contributed by atoms with E-state index in [1.54, 1.807) is 12.1 Å². The highest BCUT2D eigenvalue weighted by Gasteiger charge is 2.09. The third-order valence-electron chi connectivity index (χ3n) is 2.65. The second-order valence-corrected chi connectivity index (χ2v) is 4.77. The number of benzene rings is 2. The Labute approximate surface area is 125 Å². The maximum atomic E-state index is 13.6. The molecule has 2 rings (SSSR count). The lowest BCUT2D eigenvalue weighted by molar-refractivity contribution is -0.114. The van der Waals surface area contributed by atoms with E-state index in [4.69, 9.17) is 11.6 Å². The zero-order valence-electron chi connectivity index (χ0n) is 11.1. The third kappa shape index (κ3) is 4.03. The van der Waals surface area contributed by atoms with Gasteiger partial charge in [0.05, 0.1) is 5.69 Å².